The molecule has 0 radical (unpaired) electrons. The van der Waals surface area contributed by atoms with Gasteiger partial charge in [0.1, 0.15) is 5.69 Å². The van der Waals surface area contributed by atoms with E-state index in [1.54, 1.807) is 0 Å². The van der Waals surface area contributed by atoms with Crippen LogP contribution in [0.1, 0.15) is 28.9 Å². The van der Waals surface area contributed by atoms with Gasteiger partial charge in [-0.1, -0.05) is 30.3 Å². The quantitative estimate of drug-likeness (QED) is 0.645. The second-order valence-corrected chi connectivity index (χ2v) is 6.07. The first-order valence-electron chi connectivity index (χ1n) is 8.63. The number of hydrogen-bond donors (Lipinski definition) is 2. The minimum Gasteiger partial charge on any atom is -0.481 e. The van der Waals surface area contributed by atoms with Crippen molar-refractivity contribution in [3.8, 4) is 0 Å². The van der Waals surface area contributed by atoms with E-state index in [2.05, 4.69) is 10.4 Å². The Labute approximate surface area is 156 Å². The summed E-state index contributed by atoms with van der Waals surface area (Å²) < 4.78 is 6.10. The normalized spacial score (nSPS) is 11.7. The van der Waals surface area contributed by atoms with Crippen LogP contribution in [0.3, 0.4) is 0 Å². The second-order valence-electron chi connectivity index (χ2n) is 6.07. The third-order valence-corrected chi connectivity index (χ3v) is 3.97. The van der Waals surface area contributed by atoms with E-state index < -0.39 is 11.9 Å². The first kappa shape index (κ1) is 20.3. The van der Waals surface area contributed by atoms with Crippen LogP contribution in [0.15, 0.2) is 47.3 Å². The molecule has 2 rings (SSSR count). The summed E-state index contributed by atoms with van der Waals surface area (Å²) in [5, 5.41) is 15.8. The molecule has 0 bridgehead atoms. The third-order valence-electron chi connectivity index (χ3n) is 3.97. The van der Waals surface area contributed by atoms with E-state index in [0.29, 0.717) is 19.4 Å². The van der Waals surface area contributed by atoms with E-state index >= 15 is 0 Å². The van der Waals surface area contributed by atoms with Gasteiger partial charge in [-0.05, 0) is 24.5 Å². The number of ether oxygens (including phenoxy) is 1. The largest absolute Gasteiger partial charge is 0.481 e. The van der Waals surface area contributed by atoms with Crippen LogP contribution in [0.2, 0.25) is 0 Å². The Kier molecular flexibility index (Phi) is 7.69. The summed E-state index contributed by atoms with van der Waals surface area (Å²) in [5.41, 5.74) is 0.764. The van der Waals surface area contributed by atoms with Crippen molar-refractivity contribution < 1.29 is 19.4 Å². The highest BCUT2D eigenvalue weighted by molar-refractivity contribution is 5.92. The molecule has 0 aliphatic carbocycles. The Hall–Kier alpha value is -3.00. The molecule has 0 spiro atoms. The summed E-state index contributed by atoms with van der Waals surface area (Å²) in [4.78, 5) is 35.3. The Morgan fingerprint density at radius 2 is 1.96 bits per heavy atom. The van der Waals surface area contributed by atoms with E-state index in [9.17, 15) is 14.4 Å². The summed E-state index contributed by atoms with van der Waals surface area (Å²) in [6.07, 6.45) is 0.737. The predicted molar refractivity (Wildman–Crippen MR) is 98.6 cm³/mol. The summed E-state index contributed by atoms with van der Waals surface area (Å²) >= 11 is 0. The average Bonchev–Trinajstić information content (AvgIpc) is 2.66. The van der Waals surface area contributed by atoms with Gasteiger partial charge in [-0.3, -0.25) is 14.4 Å². The van der Waals surface area contributed by atoms with E-state index in [0.717, 1.165) is 5.56 Å². The molecule has 1 unspecified atom stereocenters. The van der Waals surface area contributed by atoms with Crippen molar-refractivity contribution in [2.24, 2.45) is 0 Å². The van der Waals surface area contributed by atoms with Crippen LogP contribution in [0.4, 0.5) is 0 Å². The molecule has 1 atom stereocenters. The van der Waals surface area contributed by atoms with Gasteiger partial charge in [-0.15, -0.1) is 0 Å². The zero-order valence-electron chi connectivity index (χ0n) is 15.1. The highest BCUT2D eigenvalue weighted by atomic mass is 16.5. The summed E-state index contributed by atoms with van der Waals surface area (Å²) in [5.74, 6) is -1.37. The molecule has 27 heavy (non-hydrogen) atoms. The molecular weight excluding hydrogens is 350 g/mol. The zero-order valence-corrected chi connectivity index (χ0v) is 15.1. The molecule has 1 aromatic carbocycles. The number of rotatable bonds is 10. The number of benzene rings is 1. The topological polar surface area (TPSA) is 111 Å². The molecule has 1 amide bonds. The molecule has 0 aliphatic heterocycles. The lowest BCUT2D eigenvalue weighted by Gasteiger charge is -2.18. The predicted octanol–water partition coefficient (Wildman–Crippen LogP) is 1.10. The number of amides is 1. The molecule has 1 heterocycles. The molecule has 2 aromatic rings. The highest BCUT2D eigenvalue weighted by Crippen LogP contribution is 2.09. The lowest BCUT2D eigenvalue weighted by atomic mass is 10.0. The Morgan fingerprint density at radius 3 is 2.63 bits per heavy atom. The molecule has 0 fully saturated rings. The average molecular weight is 373 g/mol. The van der Waals surface area contributed by atoms with Crippen molar-refractivity contribution in [1.29, 1.82) is 0 Å². The molecule has 8 heteroatoms. The number of carboxylic acids is 1. The van der Waals surface area contributed by atoms with E-state index in [4.69, 9.17) is 9.84 Å². The zero-order chi connectivity index (χ0) is 19.6. The van der Waals surface area contributed by atoms with E-state index in [1.807, 2.05) is 30.3 Å². The van der Waals surface area contributed by atoms with Crippen molar-refractivity contribution in [3.63, 3.8) is 0 Å². The Morgan fingerprint density at radius 1 is 1.22 bits per heavy atom. The maximum absolute atomic E-state index is 12.6. The maximum Gasteiger partial charge on any atom is 0.303 e. The number of hydrogen-bond acceptors (Lipinski definition) is 5. The van der Waals surface area contributed by atoms with Crippen LogP contribution in [0.5, 0.6) is 0 Å². The molecule has 0 aliphatic rings. The van der Waals surface area contributed by atoms with Crippen LogP contribution in [-0.2, 0) is 22.5 Å². The van der Waals surface area contributed by atoms with Gasteiger partial charge in [0, 0.05) is 25.6 Å². The second kappa shape index (κ2) is 10.2. The molecule has 8 nitrogen and oxygen atoms in total. The maximum atomic E-state index is 12.6. The summed E-state index contributed by atoms with van der Waals surface area (Å²) in [6.45, 7) is 0.538. The van der Waals surface area contributed by atoms with E-state index in [1.165, 1.54) is 23.9 Å². The van der Waals surface area contributed by atoms with Crippen LogP contribution < -0.4 is 10.9 Å². The van der Waals surface area contributed by atoms with Gasteiger partial charge in [0.05, 0.1) is 13.2 Å². The van der Waals surface area contributed by atoms with Gasteiger partial charge < -0.3 is 15.2 Å². The fourth-order valence-corrected chi connectivity index (χ4v) is 2.59. The van der Waals surface area contributed by atoms with Crippen LogP contribution in [0, 0.1) is 0 Å². The lowest BCUT2D eigenvalue weighted by Crippen LogP contribution is -2.38. The first-order chi connectivity index (χ1) is 13.0. The fraction of sp³-hybridized carbons (Fsp3) is 0.368. The molecule has 144 valence electrons. The van der Waals surface area contributed by atoms with Crippen LogP contribution in [0.25, 0.3) is 0 Å². The molecule has 1 aromatic heterocycles. The standard InChI is InChI=1S/C19H23N3O5/c1-27-12-11-22-17(23)9-8-16(21-22)19(26)20-15(7-10-18(24)25)13-14-5-3-2-4-6-14/h2-6,8-9,15H,7,10-13H2,1H3,(H,20,26)(H,24,25). The molecule has 0 saturated heterocycles. The lowest BCUT2D eigenvalue weighted by molar-refractivity contribution is -0.137. The van der Waals surface area contributed by atoms with Gasteiger partial charge in [0.25, 0.3) is 11.5 Å². The van der Waals surface area contributed by atoms with Crippen molar-refractivity contribution in [2.45, 2.75) is 31.8 Å². The first-order valence-corrected chi connectivity index (χ1v) is 8.63. The number of carboxylic acid groups (broad SMARTS) is 1. The molecular formula is C19H23N3O5. The number of carbonyl (C=O) groups is 2. The van der Waals surface area contributed by atoms with Crippen LogP contribution >= 0.6 is 0 Å². The minimum atomic E-state index is -0.923. The number of methoxy groups -OCH3 is 1. The SMILES string of the molecule is COCCn1nc(C(=O)NC(CCC(=O)O)Cc2ccccc2)ccc1=O. The number of nitrogens with one attached hydrogen (secondary N) is 1. The number of nitrogens with zero attached hydrogens (tertiary/aromatic N) is 2. The summed E-state index contributed by atoms with van der Waals surface area (Å²) in [7, 11) is 1.51. The van der Waals surface area contributed by atoms with Gasteiger partial charge >= 0.3 is 5.97 Å². The summed E-state index contributed by atoms with van der Waals surface area (Å²) in [6, 6.07) is 11.8. The van der Waals surface area contributed by atoms with Crippen molar-refractivity contribution >= 4 is 11.9 Å². The van der Waals surface area contributed by atoms with E-state index in [-0.39, 0.29) is 30.3 Å². The number of aromatic nitrogens is 2. The number of carbonyl (C=O) groups excluding carboxylic acids is 1. The minimum absolute atomic E-state index is 0.0570. The van der Waals surface area contributed by atoms with Gasteiger partial charge in [-0.25, -0.2) is 4.68 Å². The van der Waals surface area contributed by atoms with Gasteiger partial charge in [0.15, 0.2) is 0 Å². The Balaban J connectivity index is 2.11. The number of aliphatic carboxylic acids is 1. The monoisotopic (exact) mass is 373 g/mol. The van der Waals surface area contributed by atoms with Gasteiger partial charge in [0.2, 0.25) is 0 Å². The van der Waals surface area contributed by atoms with Crippen molar-refractivity contribution in [3.05, 3.63) is 64.1 Å². The highest BCUT2D eigenvalue weighted by Gasteiger charge is 2.17. The van der Waals surface area contributed by atoms with Gasteiger partial charge in [-0.2, -0.15) is 5.10 Å². The fourth-order valence-electron chi connectivity index (χ4n) is 2.59. The van der Waals surface area contributed by atoms with Crippen molar-refractivity contribution in [1.82, 2.24) is 15.1 Å². The molecule has 2 N–H and O–H groups in total. The van der Waals surface area contributed by atoms with Crippen molar-refractivity contribution in [2.75, 3.05) is 13.7 Å². The third kappa shape index (κ3) is 6.67. The smallest absolute Gasteiger partial charge is 0.303 e. The molecule has 0 saturated carbocycles. The van der Waals surface area contributed by atoms with Crippen LogP contribution in [-0.4, -0.2) is 46.5 Å². The Bertz CT molecular complexity index is 820.